The molecule has 1 aromatic carbocycles. The average Bonchev–Trinajstić information content (AvgIpc) is 2.71. The van der Waals surface area contributed by atoms with Crippen molar-refractivity contribution in [2.45, 2.75) is 13.0 Å². The van der Waals surface area contributed by atoms with Crippen molar-refractivity contribution in [2.75, 3.05) is 5.73 Å². The summed E-state index contributed by atoms with van der Waals surface area (Å²) in [7, 11) is 0. The highest BCUT2D eigenvalue weighted by Gasteiger charge is 2.07. The molecule has 2 N–H and O–H groups in total. The average molecular weight is 370 g/mol. The fourth-order valence-electron chi connectivity index (χ4n) is 1.62. The van der Waals surface area contributed by atoms with Gasteiger partial charge in [0, 0.05) is 15.5 Å². The third kappa shape index (κ3) is 2.74. The van der Waals surface area contributed by atoms with Crippen LogP contribution in [-0.2, 0) is 13.0 Å². The highest BCUT2D eigenvalue weighted by Crippen LogP contribution is 2.22. The number of hydrogen-bond donors (Lipinski definition) is 1. The molecular weight excluding hydrogens is 360 g/mol. The predicted octanol–water partition coefficient (Wildman–Crippen LogP) is 3.10. The van der Waals surface area contributed by atoms with E-state index in [0.29, 0.717) is 17.9 Å². The minimum atomic E-state index is 0.420. The Morgan fingerprint density at radius 1 is 1.39 bits per heavy atom. The molecule has 92 valence electrons. The minimum Gasteiger partial charge on any atom is -0.383 e. The molecule has 18 heavy (non-hydrogen) atoms. The molecule has 0 aliphatic carbocycles. The second-order valence-electron chi connectivity index (χ2n) is 3.76. The third-order valence-corrected chi connectivity index (χ3v) is 3.87. The number of rotatable bonds is 3. The number of anilines is 1. The van der Waals surface area contributed by atoms with Crippen molar-refractivity contribution in [3.05, 3.63) is 44.5 Å². The van der Waals surface area contributed by atoms with E-state index in [9.17, 15) is 0 Å². The van der Waals surface area contributed by atoms with E-state index in [-0.39, 0.29) is 0 Å². The van der Waals surface area contributed by atoms with Gasteiger partial charge in [-0.3, -0.25) is 0 Å². The maximum atomic E-state index is 8.80. The van der Waals surface area contributed by atoms with Crippen LogP contribution in [0.5, 0.6) is 0 Å². The lowest BCUT2D eigenvalue weighted by molar-refractivity contribution is 0.622. The summed E-state index contributed by atoms with van der Waals surface area (Å²) in [4.78, 5) is 0. The van der Waals surface area contributed by atoms with E-state index in [2.05, 4.69) is 43.0 Å². The Morgan fingerprint density at radius 3 is 2.83 bits per heavy atom. The van der Waals surface area contributed by atoms with Crippen LogP contribution in [0, 0.1) is 11.3 Å². The van der Waals surface area contributed by atoms with Gasteiger partial charge in [0.2, 0.25) is 0 Å². The number of nitrogens with zero attached hydrogens (tertiary/aromatic N) is 3. The number of aryl methyl sites for hydroxylation is 2. The molecule has 0 spiro atoms. The first-order valence-corrected chi connectivity index (χ1v) is 6.85. The molecule has 0 fully saturated rings. The quantitative estimate of drug-likeness (QED) is 0.903. The first kappa shape index (κ1) is 13.1. The summed E-state index contributed by atoms with van der Waals surface area (Å²) in [6.07, 6.45) is 2.28. The summed E-state index contributed by atoms with van der Waals surface area (Å²) in [5.74, 6) is 0.420. The first-order valence-electron chi connectivity index (χ1n) is 5.27. The van der Waals surface area contributed by atoms with Crippen LogP contribution in [0.4, 0.5) is 5.82 Å². The van der Waals surface area contributed by atoms with Gasteiger partial charge in [0.05, 0.1) is 6.20 Å². The summed E-state index contributed by atoms with van der Waals surface area (Å²) < 4.78 is 3.73. The maximum Gasteiger partial charge on any atom is 0.139 e. The molecule has 0 unspecified atom stereocenters. The number of nitrogens with two attached hydrogens (primary N) is 1. The van der Waals surface area contributed by atoms with Gasteiger partial charge in [-0.05, 0) is 30.2 Å². The molecular formula is C12H10Br2N4. The zero-order chi connectivity index (χ0) is 13.1. The smallest absolute Gasteiger partial charge is 0.139 e. The summed E-state index contributed by atoms with van der Waals surface area (Å²) in [6.45, 7) is 0.641. The predicted molar refractivity (Wildman–Crippen MR) is 76.9 cm³/mol. The lowest BCUT2D eigenvalue weighted by atomic mass is 10.1. The highest BCUT2D eigenvalue weighted by atomic mass is 79.9. The lowest BCUT2D eigenvalue weighted by Gasteiger charge is -2.07. The topological polar surface area (TPSA) is 67.6 Å². The normalized spacial score (nSPS) is 10.3. The highest BCUT2D eigenvalue weighted by molar-refractivity contribution is 9.11. The fourth-order valence-corrected chi connectivity index (χ4v) is 2.47. The van der Waals surface area contributed by atoms with Crippen molar-refractivity contribution in [1.29, 1.82) is 5.26 Å². The van der Waals surface area contributed by atoms with E-state index >= 15 is 0 Å². The number of nitriles is 1. The van der Waals surface area contributed by atoms with Crippen LogP contribution >= 0.6 is 31.9 Å². The van der Waals surface area contributed by atoms with Crippen LogP contribution in [0.25, 0.3) is 0 Å². The van der Waals surface area contributed by atoms with Crippen LogP contribution in [0.1, 0.15) is 11.1 Å². The van der Waals surface area contributed by atoms with Gasteiger partial charge in [-0.15, -0.1) is 0 Å². The molecule has 2 aromatic rings. The lowest BCUT2D eigenvalue weighted by Crippen LogP contribution is -2.07. The molecule has 0 atom stereocenters. The molecule has 0 radical (unpaired) electrons. The summed E-state index contributed by atoms with van der Waals surface area (Å²) in [5, 5.41) is 12.9. The molecule has 6 heteroatoms. The van der Waals surface area contributed by atoms with Crippen molar-refractivity contribution in [3.8, 4) is 6.07 Å². The Hall–Kier alpha value is -1.32. The van der Waals surface area contributed by atoms with E-state index in [1.165, 1.54) is 6.20 Å². The van der Waals surface area contributed by atoms with E-state index in [4.69, 9.17) is 11.0 Å². The Balaban J connectivity index is 2.14. The van der Waals surface area contributed by atoms with E-state index in [1.54, 1.807) is 4.68 Å². The molecule has 0 bridgehead atoms. The molecule has 0 amide bonds. The fraction of sp³-hybridized carbons (Fsp3) is 0.167. The van der Waals surface area contributed by atoms with Crippen molar-refractivity contribution in [2.24, 2.45) is 0 Å². The minimum absolute atomic E-state index is 0.420. The summed E-state index contributed by atoms with van der Waals surface area (Å²) >= 11 is 6.95. The second-order valence-corrected chi connectivity index (χ2v) is 5.53. The number of benzene rings is 1. The largest absolute Gasteiger partial charge is 0.383 e. The van der Waals surface area contributed by atoms with Crippen molar-refractivity contribution >= 4 is 37.7 Å². The van der Waals surface area contributed by atoms with Crippen molar-refractivity contribution in [1.82, 2.24) is 9.78 Å². The van der Waals surface area contributed by atoms with Gasteiger partial charge in [0.15, 0.2) is 0 Å². The van der Waals surface area contributed by atoms with Gasteiger partial charge in [0.25, 0.3) is 0 Å². The molecule has 2 rings (SSSR count). The number of halogens is 2. The number of nitrogen functional groups attached to an aromatic ring is 1. The second kappa shape index (κ2) is 5.55. The Labute approximate surface area is 122 Å². The number of aromatic nitrogens is 2. The summed E-state index contributed by atoms with van der Waals surface area (Å²) in [5.41, 5.74) is 7.39. The van der Waals surface area contributed by atoms with Gasteiger partial charge in [-0.2, -0.15) is 10.4 Å². The zero-order valence-corrected chi connectivity index (χ0v) is 12.6. The van der Waals surface area contributed by atoms with Gasteiger partial charge >= 0.3 is 0 Å². The van der Waals surface area contributed by atoms with E-state index in [0.717, 1.165) is 20.9 Å². The Morgan fingerprint density at radius 2 is 2.17 bits per heavy atom. The number of hydrogen-bond acceptors (Lipinski definition) is 3. The molecule has 0 aliphatic rings. The molecule has 1 aromatic heterocycles. The van der Waals surface area contributed by atoms with Crippen LogP contribution in [0.15, 0.2) is 33.3 Å². The Bertz CT molecular complexity index is 613. The maximum absolute atomic E-state index is 8.80. The first-order chi connectivity index (χ1) is 8.61. The van der Waals surface area contributed by atoms with Gasteiger partial charge in [-0.25, -0.2) is 4.68 Å². The van der Waals surface area contributed by atoms with Gasteiger partial charge in [-0.1, -0.05) is 31.9 Å². The van der Waals surface area contributed by atoms with Crippen molar-refractivity contribution < 1.29 is 0 Å². The van der Waals surface area contributed by atoms with Gasteiger partial charge < -0.3 is 5.73 Å². The molecule has 4 nitrogen and oxygen atoms in total. The monoisotopic (exact) mass is 368 g/mol. The molecule has 0 aliphatic heterocycles. The summed E-state index contributed by atoms with van der Waals surface area (Å²) in [6, 6.07) is 8.03. The zero-order valence-electron chi connectivity index (χ0n) is 9.40. The molecule has 1 heterocycles. The van der Waals surface area contributed by atoms with Crippen LogP contribution in [-0.4, -0.2) is 9.78 Å². The van der Waals surface area contributed by atoms with E-state index < -0.39 is 0 Å². The SMILES string of the molecule is N#Cc1cnn(CCc2cc(Br)ccc2Br)c1N. The standard InChI is InChI=1S/C12H10Br2N4/c13-10-1-2-11(14)8(5-10)3-4-18-12(16)9(6-15)7-17-18/h1-2,5,7H,3-4,16H2. The van der Waals surface area contributed by atoms with E-state index in [1.807, 2.05) is 18.2 Å². The van der Waals surface area contributed by atoms with Crippen LogP contribution in [0.3, 0.4) is 0 Å². The molecule has 0 saturated heterocycles. The third-order valence-electron chi connectivity index (χ3n) is 2.60. The van der Waals surface area contributed by atoms with Gasteiger partial charge in [0.1, 0.15) is 17.5 Å². The molecule has 0 saturated carbocycles. The van der Waals surface area contributed by atoms with Crippen LogP contribution < -0.4 is 5.73 Å². The Kier molecular flexibility index (Phi) is 4.04. The van der Waals surface area contributed by atoms with Crippen molar-refractivity contribution in [3.63, 3.8) is 0 Å². The van der Waals surface area contributed by atoms with Crippen LogP contribution in [0.2, 0.25) is 0 Å².